The van der Waals surface area contributed by atoms with Gasteiger partial charge in [0.05, 0.1) is 24.7 Å². The molecular formula is C25H32F2N4O3. The number of hydrogen-bond acceptors (Lipinski definition) is 5. The van der Waals surface area contributed by atoms with Gasteiger partial charge < -0.3 is 21.1 Å². The van der Waals surface area contributed by atoms with Gasteiger partial charge in [0, 0.05) is 32.7 Å². The molecule has 0 aromatic heterocycles. The van der Waals surface area contributed by atoms with E-state index in [1.54, 1.807) is 42.2 Å². The maximum Gasteiger partial charge on any atom is 0.240 e. The van der Waals surface area contributed by atoms with Crippen LogP contribution in [-0.4, -0.2) is 73.1 Å². The van der Waals surface area contributed by atoms with Crippen LogP contribution in [-0.2, 0) is 20.7 Å². The van der Waals surface area contributed by atoms with Crippen LogP contribution in [0.15, 0.2) is 48.5 Å². The topological polar surface area (TPSA) is 102 Å². The van der Waals surface area contributed by atoms with Gasteiger partial charge in [0.25, 0.3) is 0 Å². The Morgan fingerprint density at radius 1 is 1.12 bits per heavy atom. The highest BCUT2D eigenvalue weighted by atomic mass is 19.1. The van der Waals surface area contributed by atoms with Crippen molar-refractivity contribution in [2.24, 2.45) is 11.5 Å². The molecule has 2 aromatic carbocycles. The number of rotatable bonds is 9. The van der Waals surface area contributed by atoms with Crippen molar-refractivity contribution in [2.45, 2.75) is 37.4 Å². The van der Waals surface area contributed by atoms with E-state index in [1.807, 2.05) is 4.90 Å². The minimum atomic E-state index is -0.805. The predicted octanol–water partition coefficient (Wildman–Crippen LogP) is 1.65. The van der Waals surface area contributed by atoms with E-state index in [4.69, 9.17) is 16.2 Å². The monoisotopic (exact) mass is 474 g/mol. The zero-order valence-corrected chi connectivity index (χ0v) is 19.5. The predicted molar refractivity (Wildman–Crippen MR) is 125 cm³/mol. The number of methoxy groups -OCH3 is 1. The molecule has 3 rings (SSSR count). The number of amides is 2. The lowest BCUT2D eigenvalue weighted by Gasteiger charge is -2.45. The standard InChI is InChI=1S/C25H32F2N4O3/c1-16(20-5-3-4-6-21(20)27)23(24(29)32)30-11-12-31(19(14-30)15-34-2)25(33)22(28)13-17-7-9-18(26)10-8-17/h3-10,16,19,22-23H,11-15,28H2,1-2H3,(H2,29,32). The van der Waals surface area contributed by atoms with Crippen LogP contribution in [0, 0.1) is 11.6 Å². The first-order valence-corrected chi connectivity index (χ1v) is 11.3. The van der Waals surface area contributed by atoms with Crippen LogP contribution in [0.5, 0.6) is 0 Å². The minimum Gasteiger partial charge on any atom is -0.382 e. The molecule has 7 nitrogen and oxygen atoms in total. The van der Waals surface area contributed by atoms with Crippen molar-refractivity contribution in [3.05, 3.63) is 71.3 Å². The van der Waals surface area contributed by atoms with Crippen LogP contribution < -0.4 is 11.5 Å². The fourth-order valence-corrected chi connectivity index (χ4v) is 4.69. The Hall–Kier alpha value is -2.88. The van der Waals surface area contributed by atoms with Gasteiger partial charge in [-0.25, -0.2) is 8.78 Å². The van der Waals surface area contributed by atoms with Gasteiger partial charge in [-0.3, -0.25) is 14.5 Å². The number of carbonyl (C=O) groups is 2. The van der Waals surface area contributed by atoms with E-state index in [9.17, 15) is 18.4 Å². The molecule has 0 saturated carbocycles. The Morgan fingerprint density at radius 3 is 2.41 bits per heavy atom. The Balaban J connectivity index is 1.74. The molecule has 2 aromatic rings. The average Bonchev–Trinajstić information content (AvgIpc) is 2.80. The van der Waals surface area contributed by atoms with Crippen molar-refractivity contribution in [2.75, 3.05) is 33.4 Å². The molecule has 1 saturated heterocycles. The average molecular weight is 475 g/mol. The molecule has 1 heterocycles. The Bertz CT molecular complexity index is 988. The van der Waals surface area contributed by atoms with E-state index in [-0.39, 0.29) is 30.8 Å². The zero-order valence-electron chi connectivity index (χ0n) is 19.5. The number of primary amides is 1. The number of nitrogens with two attached hydrogens (primary N) is 2. The molecule has 4 unspecified atom stereocenters. The lowest BCUT2D eigenvalue weighted by atomic mass is 9.90. The number of ether oxygens (including phenoxy) is 1. The van der Waals surface area contributed by atoms with E-state index < -0.39 is 29.7 Å². The first kappa shape index (κ1) is 25.7. The molecule has 9 heteroatoms. The van der Waals surface area contributed by atoms with Gasteiger partial charge >= 0.3 is 0 Å². The minimum absolute atomic E-state index is 0.241. The highest BCUT2D eigenvalue weighted by molar-refractivity contribution is 5.83. The molecule has 184 valence electrons. The van der Waals surface area contributed by atoms with E-state index >= 15 is 0 Å². The SMILES string of the molecule is COCC1CN(C(C(N)=O)C(C)c2ccccc2F)CCN1C(=O)C(N)Cc1ccc(F)cc1. The van der Waals surface area contributed by atoms with Gasteiger partial charge in [0.15, 0.2) is 0 Å². The quantitative estimate of drug-likeness (QED) is 0.576. The summed E-state index contributed by atoms with van der Waals surface area (Å²) in [5.41, 5.74) is 13.1. The van der Waals surface area contributed by atoms with Crippen molar-refractivity contribution < 1.29 is 23.1 Å². The van der Waals surface area contributed by atoms with Crippen LogP contribution in [0.4, 0.5) is 8.78 Å². The summed E-state index contributed by atoms with van der Waals surface area (Å²) in [6, 6.07) is 10.3. The number of halogens is 2. The van der Waals surface area contributed by atoms with E-state index in [1.165, 1.54) is 25.3 Å². The summed E-state index contributed by atoms with van der Waals surface area (Å²) < 4.78 is 32.9. The molecule has 1 fully saturated rings. The van der Waals surface area contributed by atoms with Crippen LogP contribution in [0.2, 0.25) is 0 Å². The number of hydrogen-bond donors (Lipinski definition) is 2. The van der Waals surface area contributed by atoms with Crippen LogP contribution >= 0.6 is 0 Å². The molecule has 4 N–H and O–H groups in total. The van der Waals surface area contributed by atoms with Gasteiger partial charge in [-0.15, -0.1) is 0 Å². The van der Waals surface area contributed by atoms with Gasteiger partial charge in [-0.2, -0.15) is 0 Å². The smallest absolute Gasteiger partial charge is 0.240 e. The number of nitrogens with zero attached hydrogens (tertiary/aromatic N) is 2. The van der Waals surface area contributed by atoms with E-state index in [0.29, 0.717) is 25.2 Å². The Kier molecular flexibility index (Phi) is 8.71. The second kappa shape index (κ2) is 11.5. The lowest BCUT2D eigenvalue weighted by Crippen LogP contribution is -2.63. The number of benzene rings is 2. The molecule has 1 aliphatic heterocycles. The summed E-state index contributed by atoms with van der Waals surface area (Å²) in [6.07, 6.45) is 0.271. The molecule has 0 radical (unpaired) electrons. The summed E-state index contributed by atoms with van der Waals surface area (Å²) in [5, 5.41) is 0. The van der Waals surface area contributed by atoms with Crippen molar-refractivity contribution >= 4 is 11.8 Å². The highest BCUT2D eigenvalue weighted by Crippen LogP contribution is 2.27. The first-order chi connectivity index (χ1) is 16.2. The van der Waals surface area contributed by atoms with Crippen molar-refractivity contribution in [3.63, 3.8) is 0 Å². The molecule has 4 atom stereocenters. The van der Waals surface area contributed by atoms with Gasteiger partial charge in [-0.05, 0) is 35.7 Å². The molecule has 2 amide bonds. The fraction of sp³-hybridized carbons (Fsp3) is 0.440. The Morgan fingerprint density at radius 2 is 1.79 bits per heavy atom. The van der Waals surface area contributed by atoms with Crippen LogP contribution in [0.3, 0.4) is 0 Å². The molecule has 0 aliphatic carbocycles. The van der Waals surface area contributed by atoms with Gasteiger partial charge in [-0.1, -0.05) is 37.3 Å². The van der Waals surface area contributed by atoms with Gasteiger partial charge in [0.2, 0.25) is 11.8 Å². The molecular weight excluding hydrogens is 442 g/mol. The summed E-state index contributed by atoms with van der Waals surface area (Å²) in [7, 11) is 1.54. The second-order valence-corrected chi connectivity index (χ2v) is 8.73. The van der Waals surface area contributed by atoms with Crippen LogP contribution in [0.1, 0.15) is 24.0 Å². The Labute approximate surface area is 198 Å². The second-order valence-electron chi connectivity index (χ2n) is 8.73. The normalized spacial score (nSPS) is 19.4. The summed E-state index contributed by atoms with van der Waals surface area (Å²) >= 11 is 0. The number of piperazine rings is 1. The van der Waals surface area contributed by atoms with E-state index in [2.05, 4.69) is 0 Å². The lowest BCUT2D eigenvalue weighted by molar-refractivity contribution is -0.141. The summed E-state index contributed by atoms with van der Waals surface area (Å²) in [5.74, 6) is -2.03. The molecule has 0 bridgehead atoms. The largest absolute Gasteiger partial charge is 0.382 e. The zero-order chi connectivity index (χ0) is 24.8. The van der Waals surface area contributed by atoms with Crippen molar-refractivity contribution in [3.8, 4) is 0 Å². The van der Waals surface area contributed by atoms with Crippen molar-refractivity contribution in [1.29, 1.82) is 0 Å². The highest BCUT2D eigenvalue weighted by Gasteiger charge is 2.39. The third-order valence-corrected chi connectivity index (χ3v) is 6.40. The fourth-order valence-electron chi connectivity index (χ4n) is 4.69. The third kappa shape index (κ3) is 5.97. The van der Waals surface area contributed by atoms with Crippen LogP contribution in [0.25, 0.3) is 0 Å². The maximum atomic E-state index is 14.4. The van der Waals surface area contributed by atoms with E-state index in [0.717, 1.165) is 5.56 Å². The molecule has 1 aliphatic rings. The van der Waals surface area contributed by atoms with Gasteiger partial charge in [0.1, 0.15) is 11.6 Å². The third-order valence-electron chi connectivity index (χ3n) is 6.40. The van der Waals surface area contributed by atoms with Crippen molar-refractivity contribution in [1.82, 2.24) is 9.80 Å². The summed E-state index contributed by atoms with van der Waals surface area (Å²) in [6.45, 7) is 3.04. The first-order valence-electron chi connectivity index (χ1n) is 11.3. The molecule has 0 spiro atoms. The summed E-state index contributed by atoms with van der Waals surface area (Å²) in [4.78, 5) is 29.2. The maximum absolute atomic E-state index is 14.4. The number of carbonyl (C=O) groups excluding carboxylic acids is 2. The molecule has 34 heavy (non-hydrogen) atoms.